The van der Waals surface area contributed by atoms with E-state index < -0.39 is 0 Å². The Hall–Kier alpha value is -2.54. The first-order valence-electron chi connectivity index (χ1n) is 8.94. The standard InChI is InChI=1S/C20H24N2O4S/c1-4-17-16-6-8-27-18(16)5-7-22(17)19(23)12-21-20(24)13-9-14(25-2)11-15(10-13)26-3/h6,8-11,17H,4-5,7,12H2,1-3H3,(H,21,24)/t17-/m0/s1. The normalized spacial score (nSPS) is 15.8. The van der Waals surface area contributed by atoms with Crippen molar-refractivity contribution in [3.05, 3.63) is 45.6 Å². The summed E-state index contributed by atoms with van der Waals surface area (Å²) in [6.45, 7) is 2.74. The molecule has 2 amide bonds. The summed E-state index contributed by atoms with van der Waals surface area (Å²) in [6.07, 6.45) is 1.73. The van der Waals surface area contributed by atoms with Gasteiger partial charge in [0, 0.05) is 23.1 Å². The third kappa shape index (κ3) is 4.08. The summed E-state index contributed by atoms with van der Waals surface area (Å²) < 4.78 is 10.4. The van der Waals surface area contributed by atoms with E-state index in [0.29, 0.717) is 23.6 Å². The third-order valence-corrected chi connectivity index (χ3v) is 5.81. The van der Waals surface area contributed by atoms with Gasteiger partial charge in [0.1, 0.15) is 11.5 Å². The molecule has 144 valence electrons. The van der Waals surface area contributed by atoms with Crippen LogP contribution in [0, 0.1) is 0 Å². The zero-order chi connectivity index (χ0) is 19.4. The maximum Gasteiger partial charge on any atom is 0.251 e. The van der Waals surface area contributed by atoms with Gasteiger partial charge in [-0.25, -0.2) is 0 Å². The molecule has 0 fully saturated rings. The number of carbonyl (C=O) groups is 2. The third-order valence-electron chi connectivity index (χ3n) is 4.82. The smallest absolute Gasteiger partial charge is 0.251 e. The van der Waals surface area contributed by atoms with Crippen molar-refractivity contribution in [3.63, 3.8) is 0 Å². The molecule has 0 unspecified atom stereocenters. The fourth-order valence-corrected chi connectivity index (χ4v) is 4.36. The molecule has 1 N–H and O–H groups in total. The molecule has 7 heteroatoms. The van der Waals surface area contributed by atoms with E-state index in [2.05, 4.69) is 23.7 Å². The van der Waals surface area contributed by atoms with Crippen LogP contribution in [0.3, 0.4) is 0 Å². The van der Waals surface area contributed by atoms with Gasteiger partial charge in [0.25, 0.3) is 5.91 Å². The molecule has 0 saturated carbocycles. The first-order valence-corrected chi connectivity index (χ1v) is 9.82. The number of rotatable bonds is 6. The predicted molar refractivity (Wildman–Crippen MR) is 105 cm³/mol. The number of nitrogens with zero attached hydrogens (tertiary/aromatic N) is 1. The van der Waals surface area contributed by atoms with Crippen molar-refractivity contribution in [3.8, 4) is 11.5 Å². The highest BCUT2D eigenvalue weighted by Gasteiger charge is 2.30. The van der Waals surface area contributed by atoms with Gasteiger partial charge in [-0.15, -0.1) is 11.3 Å². The van der Waals surface area contributed by atoms with Crippen LogP contribution < -0.4 is 14.8 Å². The first-order chi connectivity index (χ1) is 13.1. The molecule has 1 aliphatic heterocycles. The summed E-state index contributed by atoms with van der Waals surface area (Å²) in [5.41, 5.74) is 1.63. The molecule has 1 aliphatic rings. The number of methoxy groups -OCH3 is 2. The monoisotopic (exact) mass is 388 g/mol. The number of hydrogen-bond donors (Lipinski definition) is 1. The molecule has 0 saturated heterocycles. The maximum absolute atomic E-state index is 12.7. The molecular formula is C20H24N2O4S. The van der Waals surface area contributed by atoms with Crippen molar-refractivity contribution in [1.29, 1.82) is 0 Å². The van der Waals surface area contributed by atoms with E-state index in [1.807, 2.05) is 4.90 Å². The summed E-state index contributed by atoms with van der Waals surface area (Å²) >= 11 is 1.75. The molecular weight excluding hydrogens is 364 g/mol. The number of benzene rings is 1. The molecule has 0 aliphatic carbocycles. The van der Waals surface area contributed by atoms with Gasteiger partial charge in [0.2, 0.25) is 5.91 Å². The quantitative estimate of drug-likeness (QED) is 0.826. The highest BCUT2D eigenvalue weighted by Crippen LogP contribution is 2.35. The van der Waals surface area contributed by atoms with Gasteiger partial charge in [0.15, 0.2) is 0 Å². The van der Waals surface area contributed by atoms with Crippen LogP contribution >= 0.6 is 11.3 Å². The summed E-state index contributed by atoms with van der Waals surface area (Å²) in [6, 6.07) is 7.13. The van der Waals surface area contributed by atoms with E-state index in [9.17, 15) is 9.59 Å². The molecule has 6 nitrogen and oxygen atoms in total. The maximum atomic E-state index is 12.7. The molecule has 1 aromatic heterocycles. The molecule has 27 heavy (non-hydrogen) atoms. The number of hydrogen-bond acceptors (Lipinski definition) is 5. The van der Waals surface area contributed by atoms with Crippen LogP contribution in [-0.2, 0) is 11.2 Å². The number of fused-ring (bicyclic) bond motifs is 1. The van der Waals surface area contributed by atoms with E-state index in [-0.39, 0.29) is 24.4 Å². The van der Waals surface area contributed by atoms with Crippen molar-refractivity contribution in [2.45, 2.75) is 25.8 Å². The average molecular weight is 388 g/mol. The van der Waals surface area contributed by atoms with Crippen molar-refractivity contribution >= 4 is 23.2 Å². The highest BCUT2D eigenvalue weighted by molar-refractivity contribution is 7.10. The van der Waals surface area contributed by atoms with Gasteiger partial charge in [-0.3, -0.25) is 9.59 Å². The second-order valence-corrected chi connectivity index (χ2v) is 7.34. The highest BCUT2D eigenvalue weighted by atomic mass is 32.1. The molecule has 0 radical (unpaired) electrons. The second-order valence-electron chi connectivity index (χ2n) is 6.34. The number of carbonyl (C=O) groups excluding carboxylic acids is 2. The number of ether oxygens (including phenoxy) is 2. The van der Waals surface area contributed by atoms with Gasteiger partial charge in [0.05, 0.1) is 26.8 Å². The number of amides is 2. The Morgan fingerprint density at radius 2 is 1.93 bits per heavy atom. The van der Waals surface area contributed by atoms with Gasteiger partial charge in [-0.2, -0.15) is 0 Å². The second kappa shape index (κ2) is 8.43. The minimum Gasteiger partial charge on any atom is -0.497 e. The summed E-state index contributed by atoms with van der Waals surface area (Å²) in [7, 11) is 3.06. The van der Waals surface area contributed by atoms with Crippen molar-refractivity contribution in [1.82, 2.24) is 10.2 Å². The van der Waals surface area contributed by atoms with E-state index in [1.54, 1.807) is 29.5 Å². The van der Waals surface area contributed by atoms with Gasteiger partial charge in [-0.05, 0) is 42.0 Å². The minimum absolute atomic E-state index is 0.0334. The zero-order valence-electron chi connectivity index (χ0n) is 15.8. The lowest BCUT2D eigenvalue weighted by Crippen LogP contribution is -2.44. The van der Waals surface area contributed by atoms with Crippen LogP contribution in [0.15, 0.2) is 29.6 Å². The Labute approximate surface area is 163 Å². The summed E-state index contributed by atoms with van der Waals surface area (Å²) in [5, 5.41) is 4.81. The lowest BCUT2D eigenvalue weighted by molar-refractivity contribution is -0.133. The van der Waals surface area contributed by atoms with Crippen LogP contribution in [0.5, 0.6) is 11.5 Å². The molecule has 1 aromatic carbocycles. The van der Waals surface area contributed by atoms with Gasteiger partial charge < -0.3 is 19.7 Å². The van der Waals surface area contributed by atoms with Gasteiger partial charge in [-0.1, -0.05) is 6.92 Å². The largest absolute Gasteiger partial charge is 0.497 e. The average Bonchev–Trinajstić information content (AvgIpc) is 3.19. The van der Waals surface area contributed by atoms with E-state index in [0.717, 1.165) is 12.8 Å². The van der Waals surface area contributed by atoms with Crippen molar-refractivity contribution in [2.75, 3.05) is 27.3 Å². The topological polar surface area (TPSA) is 67.9 Å². The van der Waals surface area contributed by atoms with Crippen LogP contribution in [0.25, 0.3) is 0 Å². The molecule has 3 rings (SSSR count). The Balaban J connectivity index is 1.66. The van der Waals surface area contributed by atoms with Crippen LogP contribution in [0.1, 0.15) is 40.2 Å². The molecule has 2 heterocycles. The zero-order valence-corrected chi connectivity index (χ0v) is 16.6. The predicted octanol–water partition coefficient (Wildman–Crippen LogP) is 3.03. The molecule has 2 aromatic rings. The summed E-state index contributed by atoms with van der Waals surface area (Å²) in [4.78, 5) is 28.5. The summed E-state index contributed by atoms with van der Waals surface area (Å²) in [5.74, 6) is 0.652. The Morgan fingerprint density at radius 3 is 2.56 bits per heavy atom. The molecule has 0 bridgehead atoms. The van der Waals surface area contributed by atoms with Crippen LogP contribution in [0.4, 0.5) is 0 Å². The fraction of sp³-hybridized carbons (Fsp3) is 0.400. The lowest BCUT2D eigenvalue weighted by atomic mass is 9.98. The van der Waals surface area contributed by atoms with Crippen LogP contribution in [-0.4, -0.2) is 44.0 Å². The SMILES string of the molecule is CC[C@H]1c2ccsc2CCN1C(=O)CNC(=O)c1cc(OC)cc(OC)c1. The van der Waals surface area contributed by atoms with E-state index >= 15 is 0 Å². The van der Waals surface area contributed by atoms with E-state index in [1.165, 1.54) is 24.7 Å². The molecule has 0 spiro atoms. The minimum atomic E-state index is -0.332. The lowest BCUT2D eigenvalue weighted by Gasteiger charge is -2.35. The first kappa shape index (κ1) is 19.2. The Kier molecular flexibility index (Phi) is 6.01. The fourth-order valence-electron chi connectivity index (χ4n) is 3.43. The number of nitrogens with one attached hydrogen (secondary N) is 1. The van der Waals surface area contributed by atoms with Crippen LogP contribution in [0.2, 0.25) is 0 Å². The van der Waals surface area contributed by atoms with E-state index in [4.69, 9.17) is 9.47 Å². The van der Waals surface area contributed by atoms with Gasteiger partial charge >= 0.3 is 0 Å². The molecule has 1 atom stereocenters. The Morgan fingerprint density at radius 1 is 1.22 bits per heavy atom. The number of thiophene rings is 1. The van der Waals surface area contributed by atoms with Crippen molar-refractivity contribution in [2.24, 2.45) is 0 Å². The van der Waals surface area contributed by atoms with Crippen molar-refractivity contribution < 1.29 is 19.1 Å². The Bertz CT molecular complexity index is 811.